The van der Waals surface area contributed by atoms with E-state index in [1.54, 1.807) is 6.07 Å². The minimum atomic E-state index is -0.439. The molecule has 0 unspecified atom stereocenters. The van der Waals surface area contributed by atoms with Crippen molar-refractivity contribution in [1.82, 2.24) is 5.32 Å². The standard InChI is InChI=1S/C15H15NO4/c1-19-14(17)9-13(11-5-3-2-4-6-11)16-15(18)12-7-8-20-10-12/h2-8,10,13H,9H2,1H3,(H,16,18)/t13-/m0/s1. The smallest absolute Gasteiger partial charge is 0.307 e. The van der Waals surface area contributed by atoms with E-state index in [2.05, 4.69) is 10.1 Å². The van der Waals surface area contributed by atoms with Crippen LogP contribution in [-0.4, -0.2) is 19.0 Å². The first-order valence-corrected chi connectivity index (χ1v) is 6.15. The number of amides is 1. The van der Waals surface area contributed by atoms with Gasteiger partial charge in [0.05, 0.1) is 31.4 Å². The second kappa shape index (κ2) is 6.56. The first-order valence-electron chi connectivity index (χ1n) is 6.15. The SMILES string of the molecule is COC(=O)C[C@H](NC(=O)c1ccoc1)c1ccccc1. The zero-order chi connectivity index (χ0) is 14.4. The molecule has 0 spiro atoms. The van der Waals surface area contributed by atoms with Crippen LogP contribution < -0.4 is 5.32 Å². The Balaban J connectivity index is 2.14. The lowest BCUT2D eigenvalue weighted by Crippen LogP contribution is -2.30. The van der Waals surface area contributed by atoms with Crippen LogP contribution in [0.1, 0.15) is 28.4 Å². The molecular weight excluding hydrogens is 258 g/mol. The first kappa shape index (κ1) is 13.9. The van der Waals surface area contributed by atoms with Crippen molar-refractivity contribution in [1.29, 1.82) is 0 Å². The summed E-state index contributed by atoms with van der Waals surface area (Å²) in [6, 6.07) is 10.4. The van der Waals surface area contributed by atoms with Gasteiger partial charge >= 0.3 is 5.97 Å². The highest BCUT2D eigenvalue weighted by Crippen LogP contribution is 2.18. The van der Waals surface area contributed by atoms with E-state index in [0.717, 1.165) is 5.56 Å². The average Bonchev–Trinajstić information content (AvgIpc) is 3.01. The highest BCUT2D eigenvalue weighted by atomic mass is 16.5. The van der Waals surface area contributed by atoms with Gasteiger partial charge in [0.2, 0.25) is 0 Å². The van der Waals surface area contributed by atoms with Gasteiger partial charge < -0.3 is 14.5 Å². The van der Waals surface area contributed by atoms with Crippen molar-refractivity contribution in [2.24, 2.45) is 0 Å². The molecule has 0 aliphatic heterocycles. The van der Waals surface area contributed by atoms with Gasteiger partial charge in [-0.15, -0.1) is 0 Å². The number of benzene rings is 1. The van der Waals surface area contributed by atoms with Gasteiger partial charge in [-0.2, -0.15) is 0 Å². The monoisotopic (exact) mass is 273 g/mol. The maximum Gasteiger partial charge on any atom is 0.307 e. The number of rotatable bonds is 5. The molecule has 2 aromatic rings. The fourth-order valence-electron chi connectivity index (χ4n) is 1.82. The van der Waals surface area contributed by atoms with Crippen molar-refractivity contribution in [3.05, 3.63) is 60.1 Å². The third-order valence-electron chi connectivity index (χ3n) is 2.89. The number of ether oxygens (including phenoxy) is 1. The van der Waals surface area contributed by atoms with Gasteiger partial charge in [-0.1, -0.05) is 30.3 Å². The second-order valence-electron chi connectivity index (χ2n) is 4.23. The van der Waals surface area contributed by atoms with E-state index in [9.17, 15) is 9.59 Å². The van der Waals surface area contributed by atoms with Crippen LogP contribution in [0.5, 0.6) is 0 Å². The van der Waals surface area contributed by atoms with Crippen LogP contribution in [0, 0.1) is 0 Å². The Morgan fingerprint density at radius 2 is 2.00 bits per heavy atom. The van der Waals surface area contributed by atoms with Crippen molar-refractivity contribution < 1.29 is 18.7 Å². The predicted octanol–water partition coefficient (Wildman–Crippen LogP) is 2.31. The second-order valence-corrected chi connectivity index (χ2v) is 4.23. The summed E-state index contributed by atoms with van der Waals surface area (Å²) in [6.45, 7) is 0. The molecule has 20 heavy (non-hydrogen) atoms. The Labute approximate surface area is 116 Å². The lowest BCUT2D eigenvalue weighted by molar-refractivity contribution is -0.141. The highest BCUT2D eigenvalue weighted by molar-refractivity contribution is 5.94. The molecule has 104 valence electrons. The lowest BCUT2D eigenvalue weighted by Gasteiger charge is -2.17. The molecule has 1 heterocycles. The van der Waals surface area contributed by atoms with Crippen molar-refractivity contribution >= 4 is 11.9 Å². The van der Waals surface area contributed by atoms with Crippen LogP contribution >= 0.6 is 0 Å². The molecule has 0 fully saturated rings. The fourth-order valence-corrected chi connectivity index (χ4v) is 1.82. The Bertz CT molecular complexity index is 563. The summed E-state index contributed by atoms with van der Waals surface area (Å²) in [6.07, 6.45) is 2.85. The molecule has 0 saturated heterocycles. The quantitative estimate of drug-likeness (QED) is 0.849. The van der Waals surface area contributed by atoms with Crippen molar-refractivity contribution in [2.75, 3.05) is 7.11 Å². The number of carbonyl (C=O) groups excluding carboxylic acids is 2. The number of esters is 1. The largest absolute Gasteiger partial charge is 0.472 e. The number of nitrogens with one attached hydrogen (secondary N) is 1. The van der Waals surface area contributed by atoms with Crippen LogP contribution in [0.4, 0.5) is 0 Å². The number of methoxy groups -OCH3 is 1. The summed E-state index contributed by atoms with van der Waals surface area (Å²) in [4.78, 5) is 23.5. The van der Waals surface area contributed by atoms with E-state index >= 15 is 0 Å². The Morgan fingerprint density at radius 3 is 2.60 bits per heavy atom. The molecule has 0 radical (unpaired) electrons. The van der Waals surface area contributed by atoms with E-state index in [-0.39, 0.29) is 18.3 Å². The van der Waals surface area contributed by atoms with E-state index < -0.39 is 6.04 Å². The van der Waals surface area contributed by atoms with E-state index in [1.807, 2.05) is 30.3 Å². The Morgan fingerprint density at radius 1 is 1.25 bits per heavy atom. The minimum absolute atomic E-state index is 0.0735. The molecule has 0 bridgehead atoms. The van der Waals surface area contributed by atoms with Crippen molar-refractivity contribution in [3.8, 4) is 0 Å². The Kier molecular flexibility index (Phi) is 4.55. The maximum absolute atomic E-state index is 12.0. The van der Waals surface area contributed by atoms with Crippen LogP contribution in [-0.2, 0) is 9.53 Å². The molecule has 0 saturated carbocycles. The fraction of sp³-hybridized carbons (Fsp3) is 0.200. The number of hydrogen-bond acceptors (Lipinski definition) is 4. The first-order chi connectivity index (χ1) is 9.70. The molecule has 5 nitrogen and oxygen atoms in total. The third-order valence-corrected chi connectivity index (χ3v) is 2.89. The summed E-state index contributed by atoms with van der Waals surface area (Å²) in [5.74, 6) is -0.678. The summed E-state index contributed by atoms with van der Waals surface area (Å²) >= 11 is 0. The van der Waals surface area contributed by atoms with Gasteiger partial charge in [-0.05, 0) is 11.6 Å². The van der Waals surface area contributed by atoms with Gasteiger partial charge in [0.15, 0.2) is 0 Å². The lowest BCUT2D eigenvalue weighted by atomic mass is 10.0. The molecule has 0 aliphatic rings. The van der Waals surface area contributed by atoms with Gasteiger partial charge in [0.25, 0.3) is 5.91 Å². The summed E-state index contributed by atoms with van der Waals surface area (Å²) < 4.78 is 9.54. The Hall–Kier alpha value is -2.56. The van der Waals surface area contributed by atoms with E-state index in [0.29, 0.717) is 5.56 Å². The van der Waals surface area contributed by atoms with Crippen LogP contribution in [0.2, 0.25) is 0 Å². The topological polar surface area (TPSA) is 68.5 Å². The average molecular weight is 273 g/mol. The third kappa shape index (κ3) is 3.47. The molecule has 1 aromatic heterocycles. The number of furan rings is 1. The molecule has 1 atom stereocenters. The molecule has 5 heteroatoms. The number of hydrogen-bond donors (Lipinski definition) is 1. The van der Waals surface area contributed by atoms with Gasteiger partial charge in [0.1, 0.15) is 6.26 Å². The van der Waals surface area contributed by atoms with Gasteiger partial charge in [0, 0.05) is 0 Å². The molecule has 1 aromatic carbocycles. The van der Waals surface area contributed by atoms with Gasteiger partial charge in [-0.25, -0.2) is 0 Å². The van der Waals surface area contributed by atoms with Crippen molar-refractivity contribution in [2.45, 2.75) is 12.5 Å². The molecule has 0 aliphatic carbocycles. The van der Waals surface area contributed by atoms with Crippen LogP contribution in [0.3, 0.4) is 0 Å². The van der Waals surface area contributed by atoms with E-state index in [1.165, 1.54) is 19.6 Å². The maximum atomic E-state index is 12.0. The highest BCUT2D eigenvalue weighted by Gasteiger charge is 2.19. The zero-order valence-corrected chi connectivity index (χ0v) is 11.0. The molecule has 1 N–H and O–H groups in total. The summed E-state index contributed by atoms with van der Waals surface area (Å²) in [5, 5.41) is 2.80. The zero-order valence-electron chi connectivity index (χ0n) is 11.0. The molecule has 2 rings (SSSR count). The summed E-state index contributed by atoms with van der Waals surface area (Å²) in [5.41, 5.74) is 1.26. The number of carbonyl (C=O) groups is 2. The van der Waals surface area contributed by atoms with Crippen LogP contribution in [0.25, 0.3) is 0 Å². The minimum Gasteiger partial charge on any atom is -0.472 e. The van der Waals surface area contributed by atoms with Gasteiger partial charge in [-0.3, -0.25) is 9.59 Å². The summed E-state index contributed by atoms with van der Waals surface area (Å²) in [7, 11) is 1.32. The van der Waals surface area contributed by atoms with Crippen molar-refractivity contribution in [3.63, 3.8) is 0 Å². The normalized spacial score (nSPS) is 11.7. The molecular formula is C15H15NO4. The molecule has 1 amide bonds. The predicted molar refractivity (Wildman–Crippen MR) is 72.0 cm³/mol. The van der Waals surface area contributed by atoms with Crippen LogP contribution in [0.15, 0.2) is 53.3 Å². The van der Waals surface area contributed by atoms with E-state index in [4.69, 9.17) is 4.42 Å².